The number of hydrogen-bond donors (Lipinski definition) is 1. The molecule has 0 spiro atoms. The van der Waals surface area contributed by atoms with Gasteiger partial charge in [-0.1, -0.05) is 36.4 Å². The molecule has 0 aromatic heterocycles. The van der Waals surface area contributed by atoms with Crippen molar-refractivity contribution in [2.24, 2.45) is 5.73 Å². The van der Waals surface area contributed by atoms with Crippen molar-refractivity contribution in [1.29, 1.82) is 5.26 Å². The van der Waals surface area contributed by atoms with Crippen LogP contribution in [0.15, 0.2) is 84.3 Å². The Morgan fingerprint density at radius 2 is 1.81 bits per heavy atom. The molecule has 0 aliphatic carbocycles. The predicted octanol–water partition coefficient (Wildman–Crippen LogP) is 4.03. The van der Waals surface area contributed by atoms with Crippen molar-refractivity contribution in [3.8, 4) is 23.3 Å². The van der Waals surface area contributed by atoms with Crippen LogP contribution in [0, 0.1) is 17.1 Å². The lowest BCUT2D eigenvalue weighted by Crippen LogP contribution is -2.21. The molecule has 1 unspecified atom stereocenters. The maximum Gasteiger partial charge on any atom is 0.349 e. The monoisotopic (exact) mass is 416 g/mol. The fraction of sp³-hybridized carbons (Fsp3) is 0.0833. The number of halogens is 1. The van der Waals surface area contributed by atoms with E-state index in [0.717, 1.165) is 0 Å². The molecule has 1 atom stereocenters. The van der Waals surface area contributed by atoms with E-state index >= 15 is 0 Å². The van der Waals surface area contributed by atoms with Crippen molar-refractivity contribution in [3.05, 3.63) is 101 Å². The van der Waals surface area contributed by atoms with Crippen molar-refractivity contribution in [2.45, 2.75) is 5.92 Å². The first-order valence-corrected chi connectivity index (χ1v) is 9.40. The van der Waals surface area contributed by atoms with E-state index in [1.54, 1.807) is 48.5 Å². The SMILES string of the molecule is N#CC1=C(N)Oc2cc(OC(=O)COc3ccccc3)ccc2C1c1ccc(F)cc1. The Labute approximate surface area is 177 Å². The number of ether oxygens (including phenoxy) is 3. The number of hydrogen-bond acceptors (Lipinski definition) is 6. The molecule has 3 aromatic rings. The summed E-state index contributed by atoms with van der Waals surface area (Å²) in [4.78, 5) is 12.1. The van der Waals surface area contributed by atoms with Crippen molar-refractivity contribution in [3.63, 3.8) is 0 Å². The average molecular weight is 416 g/mol. The molecule has 0 radical (unpaired) electrons. The molecule has 1 aliphatic rings. The number of benzene rings is 3. The summed E-state index contributed by atoms with van der Waals surface area (Å²) in [6.45, 7) is -0.263. The third-order valence-corrected chi connectivity index (χ3v) is 4.73. The maximum atomic E-state index is 13.4. The molecule has 1 heterocycles. The first-order valence-electron chi connectivity index (χ1n) is 9.40. The minimum atomic E-state index is -0.587. The van der Waals surface area contributed by atoms with Gasteiger partial charge in [0.05, 0.1) is 5.92 Å². The van der Waals surface area contributed by atoms with Gasteiger partial charge in [-0.2, -0.15) is 5.26 Å². The molecule has 0 fully saturated rings. The van der Waals surface area contributed by atoms with Crippen LogP contribution in [-0.4, -0.2) is 12.6 Å². The van der Waals surface area contributed by atoms with Gasteiger partial charge < -0.3 is 19.9 Å². The van der Waals surface area contributed by atoms with E-state index in [9.17, 15) is 14.4 Å². The van der Waals surface area contributed by atoms with Gasteiger partial charge >= 0.3 is 5.97 Å². The third kappa shape index (κ3) is 4.33. The van der Waals surface area contributed by atoms with Gasteiger partial charge in [0, 0.05) is 11.6 Å². The minimum absolute atomic E-state index is 0.0554. The highest BCUT2D eigenvalue weighted by atomic mass is 19.1. The molecule has 2 N–H and O–H groups in total. The lowest BCUT2D eigenvalue weighted by atomic mass is 9.83. The zero-order valence-corrected chi connectivity index (χ0v) is 16.2. The third-order valence-electron chi connectivity index (χ3n) is 4.73. The van der Waals surface area contributed by atoms with Crippen molar-refractivity contribution >= 4 is 5.97 Å². The molecule has 154 valence electrons. The van der Waals surface area contributed by atoms with Crippen LogP contribution < -0.4 is 19.9 Å². The van der Waals surface area contributed by atoms with Crippen LogP contribution in [0.3, 0.4) is 0 Å². The second-order valence-corrected chi connectivity index (χ2v) is 6.75. The normalized spacial score (nSPS) is 14.8. The lowest BCUT2D eigenvalue weighted by Gasteiger charge is -2.26. The molecule has 0 saturated carbocycles. The number of rotatable bonds is 5. The van der Waals surface area contributed by atoms with E-state index in [2.05, 4.69) is 6.07 Å². The summed E-state index contributed by atoms with van der Waals surface area (Å²) in [6.07, 6.45) is 0. The second-order valence-electron chi connectivity index (χ2n) is 6.75. The summed E-state index contributed by atoms with van der Waals surface area (Å²) >= 11 is 0. The first kappa shape index (κ1) is 20.0. The Hall–Kier alpha value is -4.31. The smallest absolute Gasteiger partial charge is 0.349 e. The molecule has 0 saturated heterocycles. The molecule has 7 heteroatoms. The summed E-state index contributed by atoms with van der Waals surface area (Å²) in [7, 11) is 0. The van der Waals surface area contributed by atoms with Gasteiger partial charge in [0.2, 0.25) is 5.88 Å². The molecular formula is C24H17FN2O4. The van der Waals surface area contributed by atoms with Crippen LogP contribution in [-0.2, 0) is 4.79 Å². The van der Waals surface area contributed by atoms with Gasteiger partial charge in [0.25, 0.3) is 0 Å². The Kier molecular flexibility index (Phi) is 5.54. The van der Waals surface area contributed by atoms with Crippen molar-refractivity contribution < 1.29 is 23.4 Å². The van der Waals surface area contributed by atoms with Gasteiger partial charge in [-0.15, -0.1) is 0 Å². The number of nitriles is 1. The van der Waals surface area contributed by atoms with Crippen LogP contribution in [0.5, 0.6) is 17.2 Å². The van der Waals surface area contributed by atoms with Gasteiger partial charge in [-0.25, -0.2) is 9.18 Å². The molecular weight excluding hydrogens is 399 g/mol. The second kappa shape index (κ2) is 8.59. The average Bonchev–Trinajstić information content (AvgIpc) is 2.78. The fourth-order valence-corrected chi connectivity index (χ4v) is 3.32. The number of para-hydroxylation sites is 1. The van der Waals surface area contributed by atoms with E-state index in [0.29, 0.717) is 22.6 Å². The predicted molar refractivity (Wildman–Crippen MR) is 110 cm³/mol. The lowest BCUT2D eigenvalue weighted by molar-refractivity contribution is -0.136. The molecule has 3 aromatic carbocycles. The largest absolute Gasteiger partial charge is 0.482 e. The van der Waals surface area contributed by atoms with Gasteiger partial charge in [-0.3, -0.25) is 0 Å². The molecule has 4 rings (SSSR count). The number of esters is 1. The summed E-state index contributed by atoms with van der Waals surface area (Å²) in [5.74, 6) is -0.410. The van der Waals surface area contributed by atoms with Gasteiger partial charge in [0.1, 0.15) is 34.7 Å². The summed E-state index contributed by atoms with van der Waals surface area (Å²) in [5.41, 5.74) is 7.52. The summed E-state index contributed by atoms with van der Waals surface area (Å²) in [6, 6.07) is 21.6. The van der Waals surface area contributed by atoms with Crippen LogP contribution in [0.4, 0.5) is 4.39 Å². The number of nitrogens with two attached hydrogens (primary N) is 1. The van der Waals surface area contributed by atoms with Gasteiger partial charge in [0.15, 0.2) is 6.61 Å². The van der Waals surface area contributed by atoms with Crippen LogP contribution in [0.25, 0.3) is 0 Å². The van der Waals surface area contributed by atoms with E-state index in [4.69, 9.17) is 19.9 Å². The van der Waals surface area contributed by atoms with E-state index < -0.39 is 11.9 Å². The van der Waals surface area contributed by atoms with Crippen molar-refractivity contribution in [1.82, 2.24) is 0 Å². The van der Waals surface area contributed by atoms with Gasteiger partial charge in [-0.05, 0) is 35.9 Å². The quantitative estimate of drug-likeness (QED) is 0.499. The Balaban J connectivity index is 1.56. The molecule has 6 nitrogen and oxygen atoms in total. The fourth-order valence-electron chi connectivity index (χ4n) is 3.32. The first-order chi connectivity index (χ1) is 15.0. The molecule has 0 amide bonds. The Morgan fingerprint density at radius 3 is 2.52 bits per heavy atom. The number of fused-ring (bicyclic) bond motifs is 1. The van der Waals surface area contributed by atoms with Crippen LogP contribution >= 0.6 is 0 Å². The Morgan fingerprint density at radius 1 is 1.06 bits per heavy atom. The molecule has 31 heavy (non-hydrogen) atoms. The maximum absolute atomic E-state index is 13.4. The number of carbonyl (C=O) groups is 1. The highest BCUT2D eigenvalue weighted by Crippen LogP contribution is 2.43. The topological polar surface area (TPSA) is 94.6 Å². The highest BCUT2D eigenvalue weighted by Gasteiger charge is 2.31. The van der Waals surface area contributed by atoms with Crippen LogP contribution in [0.1, 0.15) is 17.0 Å². The van der Waals surface area contributed by atoms with E-state index in [-0.39, 0.29) is 29.6 Å². The number of nitrogens with zero attached hydrogens (tertiary/aromatic N) is 1. The Bertz CT molecular complexity index is 1180. The van der Waals surface area contributed by atoms with Crippen molar-refractivity contribution in [2.75, 3.05) is 6.61 Å². The number of carbonyl (C=O) groups excluding carboxylic acids is 1. The minimum Gasteiger partial charge on any atom is -0.482 e. The van der Waals surface area contributed by atoms with Crippen LogP contribution in [0.2, 0.25) is 0 Å². The molecule has 0 bridgehead atoms. The zero-order chi connectivity index (χ0) is 21.8. The molecule has 1 aliphatic heterocycles. The number of allylic oxidation sites excluding steroid dienone is 1. The summed E-state index contributed by atoms with van der Waals surface area (Å²) < 4.78 is 29.7. The highest BCUT2D eigenvalue weighted by molar-refractivity contribution is 5.74. The zero-order valence-electron chi connectivity index (χ0n) is 16.2. The van der Waals surface area contributed by atoms with E-state index in [1.165, 1.54) is 18.2 Å². The summed E-state index contributed by atoms with van der Waals surface area (Å²) in [5, 5.41) is 9.57. The van der Waals surface area contributed by atoms with E-state index in [1.807, 2.05) is 6.07 Å². The standard InChI is InChI=1S/C24H17FN2O4/c25-16-8-6-15(7-9-16)23-19-11-10-18(12-21(19)31-24(27)20(23)13-26)30-22(28)14-29-17-4-2-1-3-5-17/h1-12,23H,14,27H2.